The average molecular weight is 273 g/mol. The van der Waals surface area contributed by atoms with Gasteiger partial charge in [-0.2, -0.15) is 0 Å². The van der Waals surface area contributed by atoms with Gasteiger partial charge in [0, 0.05) is 12.8 Å². The number of nitrogens with one attached hydrogen (secondary N) is 2. The van der Waals surface area contributed by atoms with Crippen LogP contribution >= 0.6 is 0 Å². The monoisotopic (exact) mass is 273 g/mol. The van der Waals surface area contributed by atoms with Crippen LogP contribution in [0.2, 0.25) is 0 Å². The number of aliphatic carboxylic acids is 1. The molecule has 0 aliphatic carbocycles. The van der Waals surface area contributed by atoms with E-state index in [1.54, 1.807) is 0 Å². The van der Waals surface area contributed by atoms with E-state index in [1.807, 2.05) is 19.2 Å². The Morgan fingerprint density at radius 2 is 1.79 bits per heavy atom. The minimum Gasteiger partial charge on any atom is -0.481 e. The molecule has 108 valence electrons. The molecule has 0 heterocycles. The third kappa shape index (κ3) is 8.58. The van der Waals surface area contributed by atoms with Gasteiger partial charge in [-0.25, -0.2) is 4.79 Å². The van der Waals surface area contributed by atoms with Crippen molar-refractivity contribution in [1.82, 2.24) is 10.6 Å². The highest BCUT2D eigenvalue weighted by molar-refractivity contribution is 5.96. The van der Waals surface area contributed by atoms with E-state index in [4.69, 9.17) is 10.8 Å². The van der Waals surface area contributed by atoms with Crippen molar-refractivity contribution in [3.05, 3.63) is 0 Å². The molecule has 0 aromatic heterocycles. The first-order valence-electron chi connectivity index (χ1n) is 5.83. The predicted molar refractivity (Wildman–Crippen MR) is 66.0 cm³/mol. The zero-order valence-corrected chi connectivity index (χ0v) is 10.9. The van der Waals surface area contributed by atoms with Gasteiger partial charge in [0.2, 0.25) is 11.8 Å². The molecule has 8 nitrogen and oxygen atoms in total. The largest absolute Gasteiger partial charge is 0.481 e. The van der Waals surface area contributed by atoms with Gasteiger partial charge in [0.05, 0.1) is 0 Å². The lowest BCUT2D eigenvalue weighted by molar-refractivity contribution is -0.137. The summed E-state index contributed by atoms with van der Waals surface area (Å²) >= 11 is 0. The summed E-state index contributed by atoms with van der Waals surface area (Å²) in [6.45, 7) is 3.63. The van der Waals surface area contributed by atoms with E-state index in [0.29, 0.717) is 0 Å². The van der Waals surface area contributed by atoms with Gasteiger partial charge in [-0.3, -0.25) is 19.7 Å². The van der Waals surface area contributed by atoms with Crippen molar-refractivity contribution in [1.29, 1.82) is 0 Å². The molecule has 1 atom stereocenters. The maximum absolute atomic E-state index is 11.4. The lowest BCUT2D eigenvalue weighted by atomic mass is 10.1. The topological polar surface area (TPSA) is 139 Å². The summed E-state index contributed by atoms with van der Waals surface area (Å²) in [6, 6.07) is -1.98. The van der Waals surface area contributed by atoms with Crippen molar-refractivity contribution in [2.45, 2.75) is 39.2 Å². The van der Waals surface area contributed by atoms with Crippen LogP contribution in [0.1, 0.15) is 33.1 Å². The van der Waals surface area contributed by atoms with E-state index in [1.165, 1.54) is 0 Å². The molecule has 0 aromatic carbocycles. The Morgan fingerprint density at radius 1 is 1.21 bits per heavy atom. The highest BCUT2D eigenvalue weighted by Crippen LogP contribution is 1.99. The Balaban J connectivity index is 4.28. The van der Waals surface area contributed by atoms with E-state index in [-0.39, 0.29) is 25.2 Å². The smallest absolute Gasteiger partial charge is 0.322 e. The second-order valence-corrected chi connectivity index (χ2v) is 4.51. The number of primary amides is 1. The third-order valence-corrected chi connectivity index (χ3v) is 2.14. The molecule has 0 saturated heterocycles. The summed E-state index contributed by atoms with van der Waals surface area (Å²) in [6.07, 6.45) is -0.270. The molecule has 0 bridgehead atoms. The van der Waals surface area contributed by atoms with Crippen LogP contribution in [0.5, 0.6) is 0 Å². The fraction of sp³-hybridized carbons (Fsp3) is 0.636. The molecule has 0 rings (SSSR count). The van der Waals surface area contributed by atoms with Crippen molar-refractivity contribution < 1.29 is 24.3 Å². The second kappa shape index (κ2) is 8.06. The highest BCUT2D eigenvalue weighted by Gasteiger charge is 2.20. The molecule has 0 aliphatic rings. The van der Waals surface area contributed by atoms with E-state index < -0.39 is 29.9 Å². The predicted octanol–water partition coefficient (Wildman–Crippen LogP) is -0.423. The van der Waals surface area contributed by atoms with Crippen molar-refractivity contribution in [2.24, 2.45) is 11.7 Å². The standard InChI is InChI=1S/C11H19N3O5/c1-6(2)5-8(15)14-11(19)13-7(10(12)18)3-4-9(16)17/h6-7H,3-5H2,1-2H3,(H2,12,18)(H,16,17)(H2,13,14,15,19)/t7-/m0/s1. The Bertz CT molecular complexity index is 367. The van der Waals surface area contributed by atoms with Crippen LogP contribution in [0, 0.1) is 5.92 Å². The number of rotatable bonds is 7. The molecule has 8 heteroatoms. The molecular formula is C11H19N3O5. The van der Waals surface area contributed by atoms with Gasteiger partial charge in [-0.05, 0) is 12.3 Å². The quantitative estimate of drug-likeness (QED) is 0.499. The first kappa shape index (κ1) is 16.9. The zero-order chi connectivity index (χ0) is 15.0. The van der Waals surface area contributed by atoms with Gasteiger partial charge < -0.3 is 16.2 Å². The lowest BCUT2D eigenvalue weighted by Crippen LogP contribution is -2.50. The lowest BCUT2D eigenvalue weighted by Gasteiger charge is -2.15. The van der Waals surface area contributed by atoms with Crippen LogP contribution in [0.4, 0.5) is 4.79 Å². The molecule has 0 radical (unpaired) electrons. The summed E-state index contributed by atoms with van der Waals surface area (Å²) in [5, 5.41) is 12.7. The minimum atomic E-state index is -1.12. The number of carbonyl (C=O) groups is 4. The number of carbonyl (C=O) groups excluding carboxylic acids is 3. The first-order chi connectivity index (χ1) is 8.72. The fourth-order valence-electron chi connectivity index (χ4n) is 1.30. The Kier molecular flexibility index (Phi) is 7.16. The number of hydrogen-bond donors (Lipinski definition) is 4. The fourth-order valence-corrected chi connectivity index (χ4v) is 1.30. The average Bonchev–Trinajstić information content (AvgIpc) is 2.21. The Hall–Kier alpha value is -2.12. The van der Waals surface area contributed by atoms with Crippen LogP contribution < -0.4 is 16.4 Å². The summed E-state index contributed by atoms with van der Waals surface area (Å²) < 4.78 is 0. The van der Waals surface area contributed by atoms with Crippen LogP contribution in [0.15, 0.2) is 0 Å². The number of imide groups is 1. The molecule has 0 saturated carbocycles. The Labute approximate surface area is 110 Å². The number of nitrogens with two attached hydrogens (primary N) is 1. The van der Waals surface area contributed by atoms with Crippen LogP contribution in [0.3, 0.4) is 0 Å². The maximum Gasteiger partial charge on any atom is 0.322 e. The summed E-state index contributed by atoms with van der Waals surface area (Å²) in [5.41, 5.74) is 5.02. The van der Waals surface area contributed by atoms with Crippen molar-refractivity contribution >= 4 is 23.8 Å². The van der Waals surface area contributed by atoms with Crippen molar-refractivity contribution in [3.8, 4) is 0 Å². The van der Waals surface area contributed by atoms with E-state index in [2.05, 4.69) is 5.32 Å². The van der Waals surface area contributed by atoms with Gasteiger partial charge in [0.25, 0.3) is 0 Å². The summed E-state index contributed by atoms with van der Waals surface area (Å²) in [7, 11) is 0. The third-order valence-electron chi connectivity index (χ3n) is 2.14. The number of carboxylic acid groups (broad SMARTS) is 1. The highest BCUT2D eigenvalue weighted by atomic mass is 16.4. The number of hydrogen-bond acceptors (Lipinski definition) is 4. The van der Waals surface area contributed by atoms with Gasteiger partial charge in [0.15, 0.2) is 0 Å². The van der Waals surface area contributed by atoms with Crippen molar-refractivity contribution in [2.75, 3.05) is 0 Å². The second-order valence-electron chi connectivity index (χ2n) is 4.51. The van der Waals surface area contributed by atoms with E-state index >= 15 is 0 Å². The van der Waals surface area contributed by atoms with Gasteiger partial charge in [-0.1, -0.05) is 13.8 Å². The minimum absolute atomic E-state index is 0.0896. The molecule has 4 amide bonds. The number of urea groups is 1. The van der Waals surface area contributed by atoms with Gasteiger partial charge in [-0.15, -0.1) is 0 Å². The molecule has 0 spiro atoms. The normalized spacial score (nSPS) is 11.7. The molecule has 5 N–H and O–H groups in total. The summed E-state index contributed by atoms with van der Waals surface area (Å²) in [4.78, 5) is 44.1. The molecular weight excluding hydrogens is 254 g/mol. The van der Waals surface area contributed by atoms with Crippen LogP contribution in [0.25, 0.3) is 0 Å². The van der Waals surface area contributed by atoms with E-state index in [0.717, 1.165) is 0 Å². The van der Waals surface area contributed by atoms with Gasteiger partial charge >= 0.3 is 12.0 Å². The van der Waals surface area contributed by atoms with Crippen LogP contribution in [-0.4, -0.2) is 35.0 Å². The SMILES string of the molecule is CC(C)CC(=O)NC(=O)N[C@@H](CCC(=O)O)C(N)=O. The molecule has 0 aromatic rings. The Morgan fingerprint density at radius 3 is 2.21 bits per heavy atom. The molecule has 0 fully saturated rings. The van der Waals surface area contributed by atoms with E-state index in [9.17, 15) is 19.2 Å². The number of amides is 4. The molecule has 0 unspecified atom stereocenters. The number of carboxylic acids is 1. The van der Waals surface area contributed by atoms with Crippen molar-refractivity contribution in [3.63, 3.8) is 0 Å². The zero-order valence-electron chi connectivity index (χ0n) is 10.9. The summed E-state index contributed by atoms with van der Waals surface area (Å²) in [5.74, 6) is -2.35. The molecule has 0 aliphatic heterocycles. The first-order valence-corrected chi connectivity index (χ1v) is 5.83. The van der Waals surface area contributed by atoms with Gasteiger partial charge in [0.1, 0.15) is 6.04 Å². The molecule has 19 heavy (non-hydrogen) atoms. The van der Waals surface area contributed by atoms with Crippen LogP contribution in [-0.2, 0) is 14.4 Å². The maximum atomic E-state index is 11.4.